The monoisotopic (exact) mass is 218 g/mol. The van der Waals surface area contributed by atoms with Gasteiger partial charge in [0.05, 0.1) is 17.4 Å². The summed E-state index contributed by atoms with van der Waals surface area (Å²) in [5.41, 5.74) is 6.47. The van der Waals surface area contributed by atoms with Crippen molar-refractivity contribution in [3.63, 3.8) is 0 Å². The van der Waals surface area contributed by atoms with E-state index in [0.717, 1.165) is 11.0 Å². The Morgan fingerprint density at radius 1 is 1.38 bits per heavy atom. The summed E-state index contributed by atoms with van der Waals surface area (Å²) in [6, 6.07) is 6.56. The van der Waals surface area contributed by atoms with Gasteiger partial charge in [-0.1, -0.05) is 12.1 Å². The molecule has 0 saturated heterocycles. The summed E-state index contributed by atoms with van der Waals surface area (Å²) < 4.78 is 1.65. The molecular formula is C10H10N4O2. The standard InChI is InChI=1S/C10H10N4O2/c11-10(16)13-9(15)5-14-6-12-7-3-1-2-4-8(7)14/h1-4,6H,5H2,(H3,11,13,15,16). The lowest BCUT2D eigenvalue weighted by Crippen LogP contribution is -2.37. The van der Waals surface area contributed by atoms with Crippen molar-refractivity contribution in [1.82, 2.24) is 14.9 Å². The first-order valence-electron chi connectivity index (χ1n) is 4.66. The molecule has 0 fully saturated rings. The van der Waals surface area contributed by atoms with Crippen molar-refractivity contribution in [2.24, 2.45) is 5.73 Å². The van der Waals surface area contributed by atoms with Crippen LogP contribution in [0.15, 0.2) is 30.6 Å². The minimum Gasteiger partial charge on any atom is -0.351 e. The number of hydrogen-bond acceptors (Lipinski definition) is 3. The molecule has 0 aliphatic rings. The fourth-order valence-electron chi connectivity index (χ4n) is 1.47. The zero-order valence-corrected chi connectivity index (χ0v) is 8.38. The highest BCUT2D eigenvalue weighted by Gasteiger charge is 2.07. The maximum Gasteiger partial charge on any atom is 0.318 e. The molecule has 0 atom stereocenters. The van der Waals surface area contributed by atoms with Crippen molar-refractivity contribution in [2.45, 2.75) is 6.54 Å². The zero-order chi connectivity index (χ0) is 11.5. The van der Waals surface area contributed by atoms with Crippen molar-refractivity contribution < 1.29 is 9.59 Å². The lowest BCUT2D eigenvalue weighted by molar-refractivity contribution is -0.120. The van der Waals surface area contributed by atoms with Crippen LogP contribution >= 0.6 is 0 Å². The number of benzene rings is 1. The van der Waals surface area contributed by atoms with Crippen LogP contribution in [-0.2, 0) is 11.3 Å². The molecule has 16 heavy (non-hydrogen) atoms. The largest absolute Gasteiger partial charge is 0.351 e. The van der Waals surface area contributed by atoms with E-state index in [2.05, 4.69) is 4.98 Å². The molecule has 2 aromatic rings. The Bertz CT molecular complexity index is 546. The lowest BCUT2D eigenvalue weighted by atomic mass is 10.3. The molecule has 0 bridgehead atoms. The van der Waals surface area contributed by atoms with Gasteiger partial charge in [-0.15, -0.1) is 0 Å². The highest BCUT2D eigenvalue weighted by Crippen LogP contribution is 2.11. The first-order chi connectivity index (χ1) is 7.66. The molecule has 0 spiro atoms. The number of nitrogens with zero attached hydrogens (tertiary/aromatic N) is 2. The van der Waals surface area contributed by atoms with Gasteiger partial charge in [0.1, 0.15) is 6.54 Å². The third-order valence-electron chi connectivity index (χ3n) is 2.10. The second kappa shape index (κ2) is 4.01. The molecule has 3 N–H and O–H groups in total. The van der Waals surface area contributed by atoms with Crippen molar-refractivity contribution in [3.8, 4) is 0 Å². The van der Waals surface area contributed by atoms with Crippen molar-refractivity contribution in [3.05, 3.63) is 30.6 Å². The van der Waals surface area contributed by atoms with Crippen molar-refractivity contribution >= 4 is 23.0 Å². The summed E-state index contributed by atoms with van der Waals surface area (Å²) in [6.07, 6.45) is 1.55. The lowest BCUT2D eigenvalue weighted by Gasteiger charge is -2.03. The average molecular weight is 218 g/mol. The number of carbonyl (C=O) groups is 2. The summed E-state index contributed by atoms with van der Waals surface area (Å²) >= 11 is 0. The van der Waals surface area contributed by atoms with Gasteiger partial charge in [0.25, 0.3) is 0 Å². The molecule has 0 unspecified atom stereocenters. The Hall–Kier alpha value is -2.37. The number of rotatable bonds is 2. The number of nitrogens with one attached hydrogen (secondary N) is 1. The number of fused-ring (bicyclic) bond motifs is 1. The number of nitrogens with two attached hydrogens (primary N) is 1. The number of aromatic nitrogens is 2. The second-order valence-electron chi connectivity index (χ2n) is 3.27. The van der Waals surface area contributed by atoms with Crippen LogP contribution in [0, 0.1) is 0 Å². The van der Waals surface area contributed by atoms with E-state index in [-0.39, 0.29) is 6.54 Å². The quantitative estimate of drug-likeness (QED) is 0.756. The van der Waals surface area contributed by atoms with E-state index in [0.29, 0.717) is 0 Å². The van der Waals surface area contributed by atoms with Crippen LogP contribution in [0.4, 0.5) is 4.79 Å². The van der Waals surface area contributed by atoms with E-state index < -0.39 is 11.9 Å². The number of imide groups is 1. The fourth-order valence-corrected chi connectivity index (χ4v) is 1.47. The third kappa shape index (κ3) is 2.00. The summed E-state index contributed by atoms with van der Waals surface area (Å²) in [4.78, 5) is 25.9. The normalized spacial score (nSPS) is 10.2. The van der Waals surface area contributed by atoms with Gasteiger partial charge in [0, 0.05) is 0 Å². The minimum absolute atomic E-state index is 0.0173. The Labute approximate surface area is 91.1 Å². The van der Waals surface area contributed by atoms with E-state index >= 15 is 0 Å². The SMILES string of the molecule is NC(=O)NC(=O)Cn1cnc2ccccc21. The molecule has 1 heterocycles. The number of urea groups is 1. The van der Waals surface area contributed by atoms with Gasteiger partial charge in [-0.25, -0.2) is 9.78 Å². The fraction of sp³-hybridized carbons (Fsp3) is 0.100. The molecule has 0 aliphatic heterocycles. The van der Waals surface area contributed by atoms with Crippen LogP contribution < -0.4 is 11.1 Å². The van der Waals surface area contributed by atoms with E-state index in [1.54, 1.807) is 10.9 Å². The highest BCUT2D eigenvalue weighted by atomic mass is 16.2. The number of imidazole rings is 1. The van der Waals surface area contributed by atoms with Crippen LogP contribution in [0.2, 0.25) is 0 Å². The van der Waals surface area contributed by atoms with Crippen LogP contribution in [0.3, 0.4) is 0 Å². The number of amides is 3. The minimum atomic E-state index is -0.852. The number of hydrogen-bond donors (Lipinski definition) is 2. The third-order valence-corrected chi connectivity index (χ3v) is 2.10. The topological polar surface area (TPSA) is 90.0 Å². The van der Waals surface area contributed by atoms with Gasteiger partial charge in [0.2, 0.25) is 5.91 Å². The molecule has 6 nitrogen and oxygen atoms in total. The molecule has 82 valence electrons. The van der Waals surface area contributed by atoms with Crippen molar-refractivity contribution in [2.75, 3.05) is 0 Å². The number of carbonyl (C=O) groups excluding carboxylic acids is 2. The molecule has 0 aliphatic carbocycles. The molecular weight excluding hydrogens is 208 g/mol. The summed E-state index contributed by atoms with van der Waals surface area (Å²) in [7, 11) is 0. The van der Waals surface area contributed by atoms with Crippen LogP contribution in [0.1, 0.15) is 0 Å². The smallest absolute Gasteiger partial charge is 0.318 e. The van der Waals surface area contributed by atoms with Gasteiger partial charge >= 0.3 is 6.03 Å². The van der Waals surface area contributed by atoms with Gasteiger partial charge in [0.15, 0.2) is 0 Å². The Morgan fingerprint density at radius 3 is 2.88 bits per heavy atom. The van der Waals surface area contributed by atoms with Crippen molar-refractivity contribution in [1.29, 1.82) is 0 Å². The molecule has 2 rings (SSSR count). The maximum absolute atomic E-state index is 11.3. The molecule has 0 radical (unpaired) electrons. The zero-order valence-electron chi connectivity index (χ0n) is 8.38. The second-order valence-corrected chi connectivity index (χ2v) is 3.27. The molecule has 3 amide bonds. The van der Waals surface area contributed by atoms with Gasteiger partial charge in [-0.3, -0.25) is 10.1 Å². The van der Waals surface area contributed by atoms with E-state index in [1.165, 1.54) is 0 Å². The summed E-state index contributed by atoms with van der Waals surface area (Å²) in [6.45, 7) is 0.0173. The Morgan fingerprint density at radius 2 is 2.12 bits per heavy atom. The first kappa shape index (κ1) is 10.2. The summed E-state index contributed by atoms with van der Waals surface area (Å²) in [5.74, 6) is -0.462. The first-order valence-corrected chi connectivity index (χ1v) is 4.66. The average Bonchev–Trinajstić information content (AvgIpc) is 2.61. The van der Waals surface area contributed by atoms with Crippen LogP contribution in [0.5, 0.6) is 0 Å². The maximum atomic E-state index is 11.3. The predicted molar refractivity (Wildman–Crippen MR) is 57.5 cm³/mol. The molecule has 1 aromatic carbocycles. The molecule has 1 aromatic heterocycles. The summed E-state index contributed by atoms with van der Waals surface area (Å²) in [5, 5.41) is 2.00. The van der Waals surface area contributed by atoms with Gasteiger partial charge < -0.3 is 10.3 Å². The van der Waals surface area contributed by atoms with Gasteiger partial charge in [-0.2, -0.15) is 0 Å². The number of para-hydroxylation sites is 2. The molecule has 6 heteroatoms. The molecule has 0 saturated carbocycles. The van der Waals surface area contributed by atoms with Gasteiger partial charge in [-0.05, 0) is 12.1 Å². The number of primary amides is 1. The highest BCUT2D eigenvalue weighted by molar-refractivity contribution is 5.93. The van der Waals surface area contributed by atoms with Crippen LogP contribution in [0.25, 0.3) is 11.0 Å². The van der Waals surface area contributed by atoms with Crippen LogP contribution in [-0.4, -0.2) is 21.5 Å². The predicted octanol–water partition coefficient (Wildman–Crippen LogP) is 0.231. The van der Waals surface area contributed by atoms with E-state index in [1.807, 2.05) is 29.6 Å². The Kier molecular flexibility index (Phi) is 2.55. The Balaban J connectivity index is 2.21. The van der Waals surface area contributed by atoms with E-state index in [4.69, 9.17) is 5.73 Å². The van der Waals surface area contributed by atoms with E-state index in [9.17, 15) is 9.59 Å².